The minimum atomic E-state index is -0.833. The Morgan fingerprint density at radius 1 is 1.50 bits per heavy atom. The van der Waals surface area contributed by atoms with E-state index in [2.05, 4.69) is 6.07 Å². The molecule has 58 valence electrons. The normalized spacial score (nSPS) is 8.70. The summed E-state index contributed by atoms with van der Waals surface area (Å²) in [4.78, 5) is 9.00. The highest BCUT2D eigenvalue weighted by Crippen LogP contribution is 2.08. The van der Waals surface area contributed by atoms with Crippen LogP contribution in [0.3, 0.4) is 0 Å². The number of hydrogen-bond donors (Lipinski definition) is 1. The lowest BCUT2D eigenvalue weighted by Gasteiger charge is -2.01. The van der Waals surface area contributed by atoms with Crippen LogP contribution in [-0.4, -0.2) is 11.1 Å². The van der Waals surface area contributed by atoms with Crippen molar-refractivity contribution in [1.29, 1.82) is 5.26 Å². The summed E-state index contributed by atoms with van der Waals surface area (Å²) in [5, 5.41) is 15.6. The number of carboxylic acids is 1. The van der Waals surface area contributed by atoms with Gasteiger partial charge in [-0.05, 0) is 20.8 Å². The summed E-state index contributed by atoms with van der Waals surface area (Å²) < 4.78 is 0. The Balaban J connectivity index is 0. The van der Waals surface area contributed by atoms with Gasteiger partial charge < -0.3 is 5.11 Å². The molecule has 0 fully saturated rings. The Morgan fingerprint density at radius 2 is 1.60 bits per heavy atom. The summed E-state index contributed by atoms with van der Waals surface area (Å²) in [6.07, 6.45) is 0. The molecule has 0 spiro atoms. The zero-order valence-electron chi connectivity index (χ0n) is 6.80. The van der Waals surface area contributed by atoms with E-state index in [1.807, 2.05) is 20.8 Å². The van der Waals surface area contributed by atoms with Gasteiger partial charge >= 0.3 is 0 Å². The van der Waals surface area contributed by atoms with Gasteiger partial charge in [0, 0.05) is 12.3 Å². The highest BCUT2D eigenvalue weighted by molar-refractivity contribution is 5.62. The van der Waals surface area contributed by atoms with E-state index < -0.39 is 5.97 Å². The molecule has 0 aromatic carbocycles. The van der Waals surface area contributed by atoms with Gasteiger partial charge in [0.05, 0.1) is 6.07 Å². The number of hydrogen-bond acceptors (Lipinski definition) is 2. The van der Waals surface area contributed by atoms with Gasteiger partial charge in [-0.1, -0.05) is 0 Å². The van der Waals surface area contributed by atoms with Crippen molar-refractivity contribution in [2.75, 3.05) is 0 Å². The third kappa shape index (κ3) is 64.4. The number of carboxylic acid groups (broad SMARTS) is 1. The Labute approximate surface area is 61.3 Å². The van der Waals surface area contributed by atoms with Crippen molar-refractivity contribution in [3.05, 3.63) is 0 Å². The lowest BCUT2D eigenvalue weighted by atomic mass is 10.0. The zero-order valence-corrected chi connectivity index (χ0v) is 6.80. The average molecular weight is 143 g/mol. The maximum absolute atomic E-state index is 9.00. The maximum Gasteiger partial charge on any atom is 0.300 e. The van der Waals surface area contributed by atoms with Crippen molar-refractivity contribution in [1.82, 2.24) is 0 Å². The van der Waals surface area contributed by atoms with Crippen LogP contribution in [0.5, 0.6) is 0 Å². The molecule has 0 atom stereocenters. The van der Waals surface area contributed by atoms with Crippen molar-refractivity contribution in [2.24, 2.45) is 5.41 Å². The lowest BCUT2D eigenvalue weighted by molar-refractivity contribution is -0.134. The molecule has 1 N–H and O–H groups in total. The maximum atomic E-state index is 9.00. The Hall–Kier alpha value is -1.04. The summed E-state index contributed by atoms with van der Waals surface area (Å²) in [5.74, 6) is -0.833. The third-order valence-electron chi connectivity index (χ3n) is 0.335. The molecule has 3 nitrogen and oxygen atoms in total. The van der Waals surface area contributed by atoms with Crippen molar-refractivity contribution < 1.29 is 9.90 Å². The van der Waals surface area contributed by atoms with Gasteiger partial charge in [-0.15, -0.1) is 0 Å². The van der Waals surface area contributed by atoms with E-state index in [0.717, 1.165) is 6.92 Å². The Kier molecular flexibility index (Phi) is 5.63. The molecule has 0 aromatic heterocycles. The van der Waals surface area contributed by atoms with Crippen LogP contribution in [0.25, 0.3) is 0 Å². The largest absolute Gasteiger partial charge is 0.481 e. The molecule has 0 bridgehead atoms. The Morgan fingerprint density at radius 3 is 1.60 bits per heavy atom. The van der Waals surface area contributed by atoms with Crippen molar-refractivity contribution in [2.45, 2.75) is 27.7 Å². The highest BCUT2D eigenvalue weighted by atomic mass is 16.4. The number of aliphatic carboxylic acids is 1. The van der Waals surface area contributed by atoms with Gasteiger partial charge in [0.1, 0.15) is 0 Å². The molecule has 3 heteroatoms. The predicted molar refractivity (Wildman–Crippen MR) is 38.4 cm³/mol. The van der Waals surface area contributed by atoms with Crippen LogP contribution in [0.4, 0.5) is 0 Å². The fourth-order valence-electron chi connectivity index (χ4n) is 0. The van der Waals surface area contributed by atoms with Gasteiger partial charge in [0.15, 0.2) is 0 Å². The molecular formula is C7H13NO2. The number of rotatable bonds is 0. The van der Waals surface area contributed by atoms with Crippen LogP contribution >= 0.6 is 0 Å². The minimum Gasteiger partial charge on any atom is -0.481 e. The smallest absolute Gasteiger partial charge is 0.300 e. The molecule has 0 radical (unpaired) electrons. The molecular weight excluding hydrogens is 130 g/mol. The monoisotopic (exact) mass is 143 g/mol. The van der Waals surface area contributed by atoms with Crippen molar-refractivity contribution in [3.63, 3.8) is 0 Å². The molecule has 0 saturated heterocycles. The second kappa shape index (κ2) is 4.80. The van der Waals surface area contributed by atoms with E-state index in [1.165, 1.54) is 0 Å². The van der Waals surface area contributed by atoms with E-state index >= 15 is 0 Å². The molecule has 0 rings (SSSR count). The standard InChI is InChI=1S/C5H9N.C2H4O2/c1-5(2,3)4-6;1-2(3)4/h1-3H3;1H3,(H,3,4). The zero-order chi connectivity index (χ0) is 8.78. The molecule has 0 aliphatic carbocycles. The van der Waals surface area contributed by atoms with Crippen LogP contribution in [0, 0.1) is 16.7 Å². The topological polar surface area (TPSA) is 61.1 Å². The second-order valence-electron chi connectivity index (χ2n) is 2.88. The van der Waals surface area contributed by atoms with Gasteiger partial charge in [-0.2, -0.15) is 5.26 Å². The van der Waals surface area contributed by atoms with E-state index in [1.54, 1.807) is 0 Å². The van der Waals surface area contributed by atoms with E-state index in [4.69, 9.17) is 15.2 Å². The van der Waals surface area contributed by atoms with Crippen LogP contribution in [0.15, 0.2) is 0 Å². The first kappa shape index (κ1) is 11.7. The first-order valence-electron chi connectivity index (χ1n) is 2.90. The molecule has 0 amide bonds. The summed E-state index contributed by atoms with van der Waals surface area (Å²) in [6.45, 7) is 6.73. The highest BCUT2D eigenvalue weighted by Gasteiger charge is 2.04. The van der Waals surface area contributed by atoms with Crippen LogP contribution in [-0.2, 0) is 4.79 Å². The van der Waals surface area contributed by atoms with Gasteiger partial charge in [0.25, 0.3) is 5.97 Å². The molecule has 0 aliphatic heterocycles. The van der Waals surface area contributed by atoms with E-state index in [9.17, 15) is 0 Å². The van der Waals surface area contributed by atoms with Gasteiger partial charge in [0.2, 0.25) is 0 Å². The predicted octanol–water partition coefficient (Wildman–Crippen LogP) is 1.65. The number of nitriles is 1. The molecule has 0 saturated carbocycles. The molecule has 10 heavy (non-hydrogen) atoms. The summed E-state index contributed by atoms with van der Waals surface area (Å²) in [6, 6.07) is 2.10. The van der Waals surface area contributed by atoms with E-state index in [-0.39, 0.29) is 5.41 Å². The third-order valence-corrected chi connectivity index (χ3v) is 0.335. The van der Waals surface area contributed by atoms with Crippen LogP contribution < -0.4 is 0 Å². The molecule has 0 aromatic rings. The molecule has 0 heterocycles. The Bertz CT molecular complexity index is 135. The minimum absolute atomic E-state index is 0.153. The molecule has 0 aliphatic rings. The number of carbonyl (C=O) groups is 1. The van der Waals surface area contributed by atoms with Gasteiger partial charge in [-0.25, -0.2) is 0 Å². The molecule has 0 unspecified atom stereocenters. The van der Waals surface area contributed by atoms with Crippen LogP contribution in [0.2, 0.25) is 0 Å². The number of nitrogens with zero attached hydrogens (tertiary/aromatic N) is 1. The second-order valence-corrected chi connectivity index (χ2v) is 2.88. The summed E-state index contributed by atoms with van der Waals surface area (Å²) in [5.41, 5.74) is -0.153. The van der Waals surface area contributed by atoms with Crippen molar-refractivity contribution in [3.8, 4) is 6.07 Å². The van der Waals surface area contributed by atoms with Gasteiger partial charge in [-0.3, -0.25) is 4.79 Å². The quantitative estimate of drug-likeness (QED) is 0.560. The summed E-state index contributed by atoms with van der Waals surface area (Å²) >= 11 is 0. The fourth-order valence-corrected chi connectivity index (χ4v) is 0. The first-order chi connectivity index (χ1) is 4.29. The first-order valence-corrected chi connectivity index (χ1v) is 2.90. The SMILES string of the molecule is CC(=O)O.CC(C)(C)C#N. The van der Waals surface area contributed by atoms with Crippen molar-refractivity contribution >= 4 is 5.97 Å². The lowest BCUT2D eigenvalue weighted by Crippen LogP contribution is -1.97. The average Bonchev–Trinajstić information content (AvgIpc) is 1.63. The van der Waals surface area contributed by atoms with E-state index in [0.29, 0.717) is 0 Å². The fraction of sp³-hybridized carbons (Fsp3) is 0.714. The van der Waals surface area contributed by atoms with Crippen LogP contribution in [0.1, 0.15) is 27.7 Å². The summed E-state index contributed by atoms with van der Waals surface area (Å²) in [7, 11) is 0.